The first-order valence-electron chi connectivity index (χ1n) is 10.0. The highest BCUT2D eigenvalue weighted by Gasteiger charge is 2.16. The average Bonchev–Trinajstić information content (AvgIpc) is 2.76. The molecule has 5 nitrogen and oxygen atoms in total. The number of pyridine rings is 1. The maximum atomic E-state index is 4.63. The number of benzene rings is 1. The van der Waals surface area contributed by atoms with Crippen LogP contribution in [0.3, 0.4) is 0 Å². The number of rotatable bonds is 5. The summed E-state index contributed by atoms with van der Waals surface area (Å²) in [5, 5.41) is 14.9. The molecule has 0 bridgehead atoms. The van der Waals surface area contributed by atoms with Crippen LogP contribution in [0.15, 0.2) is 47.6 Å². The summed E-state index contributed by atoms with van der Waals surface area (Å²) in [6.45, 7) is 6.04. The van der Waals surface area contributed by atoms with Gasteiger partial charge in [0.1, 0.15) is 0 Å². The van der Waals surface area contributed by atoms with Crippen molar-refractivity contribution in [1.29, 1.82) is 0 Å². The quantitative estimate of drug-likeness (QED) is 0.672. The zero-order valence-corrected chi connectivity index (χ0v) is 17.1. The van der Waals surface area contributed by atoms with Crippen LogP contribution in [0.1, 0.15) is 49.6 Å². The second kappa shape index (κ2) is 8.35. The molecular weight excluding hydrogens is 358 g/mol. The number of hydrogen-bond donors (Lipinski definition) is 1. The van der Waals surface area contributed by atoms with E-state index in [0.29, 0.717) is 0 Å². The normalized spacial score (nSPS) is 14.0. The summed E-state index contributed by atoms with van der Waals surface area (Å²) in [6.07, 6.45) is 10.1. The molecule has 2 heterocycles. The molecule has 1 unspecified atom stereocenters. The van der Waals surface area contributed by atoms with Crippen molar-refractivity contribution in [1.82, 2.24) is 15.2 Å². The van der Waals surface area contributed by atoms with Crippen LogP contribution in [0.25, 0.3) is 12.2 Å². The molecule has 0 saturated heterocycles. The summed E-state index contributed by atoms with van der Waals surface area (Å²) in [5.41, 5.74) is 4.87. The van der Waals surface area contributed by atoms with Crippen molar-refractivity contribution in [3.05, 3.63) is 70.0 Å². The molecular formula is C24H25N5. The molecule has 1 aliphatic rings. The fraction of sp³-hybridized carbons (Fsp3) is 0.250. The Balaban J connectivity index is 1.75. The summed E-state index contributed by atoms with van der Waals surface area (Å²) >= 11 is 0. The Bertz CT molecular complexity index is 1170. The molecule has 4 rings (SSSR count). The molecule has 2 aromatic heterocycles. The molecule has 3 aromatic rings. The van der Waals surface area contributed by atoms with Crippen LogP contribution in [-0.4, -0.2) is 21.4 Å². The first-order chi connectivity index (χ1) is 14.2. The molecule has 146 valence electrons. The lowest BCUT2D eigenvalue weighted by Gasteiger charge is -2.16. The third-order valence-electron chi connectivity index (χ3n) is 5.24. The fourth-order valence-corrected chi connectivity index (χ4v) is 3.66. The van der Waals surface area contributed by atoms with E-state index in [1.54, 1.807) is 6.21 Å². The zero-order chi connectivity index (χ0) is 20.2. The van der Waals surface area contributed by atoms with Gasteiger partial charge in [-0.25, -0.2) is 0 Å². The van der Waals surface area contributed by atoms with Crippen molar-refractivity contribution in [2.75, 3.05) is 5.32 Å². The van der Waals surface area contributed by atoms with E-state index < -0.39 is 0 Å². The summed E-state index contributed by atoms with van der Waals surface area (Å²) in [4.78, 5) is 8.84. The van der Waals surface area contributed by atoms with Gasteiger partial charge in [0.05, 0.1) is 29.0 Å². The van der Waals surface area contributed by atoms with Gasteiger partial charge in [0, 0.05) is 22.6 Å². The Morgan fingerprint density at radius 2 is 1.83 bits per heavy atom. The highest BCUT2D eigenvalue weighted by Crippen LogP contribution is 2.23. The van der Waals surface area contributed by atoms with Gasteiger partial charge in [0.15, 0.2) is 5.82 Å². The average molecular weight is 383 g/mol. The van der Waals surface area contributed by atoms with E-state index in [4.69, 9.17) is 0 Å². The first kappa shape index (κ1) is 19.0. The molecule has 29 heavy (non-hydrogen) atoms. The van der Waals surface area contributed by atoms with Crippen molar-refractivity contribution in [2.24, 2.45) is 4.99 Å². The Kier molecular flexibility index (Phi) is 5.47. The van der Waals surface area contributed by atoms with Gasteiger partial charge in [0.25, 0.3) is 0 Å². The van der Waals surface area contributed by atoms with Gasteiger partial charge in [0.2, 0.25) is 0 Å². The number of nitrogens with one attached hydrogen (secondary N) is 1. The molecule has 1 atom stereocenters. The van der Waals surface area contributed by atoms with Gasteiger partial charge in [-0.15, -0.1) is 5.10 Å². The summed E-state index contributed by atoms with van der Waals surface area (Å²) in [5.74, 6) is 0.942. The third kappa shape index (κ3) is 3.94. The molecule has 5 heteroatoms. The standard InChI is InChI=1S/C24H25N5/c1-4-25-22-14-19(15-26-17(22)3)27-24-21-13-9-8-12-20(21)23(28-29-24)16(2)18-10-6-5-7-11-18/h4-7,10-16H,8-9H2,1-3H3,(H,27,29). The molecule has 0 amide bonds. The second-order valence-corrected chi connectivity index (χ2v) is 7.22. The molecule has 0 spiro atoms. The lowest BCUT2D eigenvalue weighted by atomic mass is 9.94. The van der Waals surface area contributed by atoms with Crippen LogP contribution in [-0.2, 0) is 0 Å². The van der Waals surface area contributed by atoms with E-state index in [1.807, 2.05) is 32.2 Å². The van der Waals surface area contributed by atoms with Gasteiger partial charge in [-0.05, 0) is 38.3 Å². The number of aliphatic imine (C=N–C) groups is 1. The van der Waals surface area contributed by atoms with Gasteiger partial charge in [-0.1, -0.05) is 49.4 Å². The Hall–Kier alpha value is -3.34. The van der Waals surface area contributed by atoms with Crippen molar-refractivity contribution < 1.29 is 0 Å². The SMILES string of the molecule is CC=Nc1cc(Nc2nnc(C(C)c3ccccc3)c3c2=CCCC=3)cnc1C. The molecule has 0 radical (unpaired) electrons. The largest absolute Gasteiger partial charge is 0.337 e. The van der Waals surface area contributed by atoms with E-state index in [1.165, 1.54) is 10.8 Å². The van der Waals surface area contributed by atoms with Crippen molar-refractivity contribution in [3.8, 4) is 0 Å². The van der Waals surface area contributed by atoms with Crippen LogP contribution in [0.4, 0.5) is 17.2 Å². The third-order valence-corrected chi connectivity index (χ3v) is 5.24. The Morgan fingerprint density at radius 3 is 2.59 bits per heavy atom. The van der Waals surface area contributed by atoms with E-state index in [2.05, 4.69) is 68.8 Å². The number of fused-ring (bicyclic) bond motifs is 1. The monoisotopic (exact) mass is 383 g/mol. The number of hydrogen-bond acceptors (Lipinski definition) is 5. The number of aryl methyl sites for hydroxylation is 1. The minimum Gasteiger partial charge on any atom is -0.337 e. The summed E-state index contributed by atoms with van der Waals surface area (Å²) in [7, 11) is 0. The van der Waals surface area contributed by atoms with E-state index in [0.717, 1.165) is 46.6 Å². The lowest BCUT2D eigenvalue weighted by Crippen LogP contribution is -2.36. The van der Waals surface area contributed by atoms with Crippen LogP contribution in [0.2, 0.25) is 0 Å². The smallest absolute Gasteiger partial charge is 0.160 e. The Labute approximate surface area is 171 Å². The second-order valence-electron chi connectivity index (χ2n) is 7.22. The lowest BCUT2D eigenvalue weighted by molar-refractivity contribution is 0.806. The molecule has 0 fully saturated rings. The molecule has 1 N–H and O–H groups in total. The van der Waals surface area contributed by atoms with Crippen molar-refractivity contribution in [2.45, 2.75) is 39.5 Å². The molecule has 0 saturated carbocycles. The summed E-state index contributed by atoms with van der Waals surface area (Å²) < 4.78 is 0. The number of nitrogens with zero attached hydrogens (tertiary/aromatic N) is 4. The van der Waals surface area contributed by atoms with Gasteiger partial charge < -0.3 is 5.32 Å². The molecule has 0 aliphatic heterocycles. The minimum absolute atomic E-state index is 0.181. The molecule has 1 aliphatic carbocycles. The fourth-order valence-electron chi connectivity index (χ4n) is 3.66. The van der Waals surface area contributed by atoms with Crippen LogP contribution >= 0.6 is 0 Å². The number of aromatic nitrogens is 3. The molecule has 1 aromatic carbocycles. The van der Waals surface area contributed by atoms with E-state index in [9.17, 15) is 0 Å². The highest BCUT2D eigenvalue weighted by molar-refractivity contribution is 5.67. The first-order valence-corrected chi connectivity index (χ1v) is 10.0. The number of anilines is 2. The Morgan fingerprint density at radius 1 is 1.07 bits per heavy atom. The van der Waals surface area contributed by atoms with Gasteiger partial charge >= 0.3 is 0 Å². The van der Waals surface area contributed by atoms with Crippen LogP contribution in [0, 0.1) is 6.92 Å². The minimum atomic E-state index is 0.181. The van der Waals surface area contributed by atoms with E-state index >= 15 is 0 Å². The summed E-state index contributed by atoms with van der Waals surface area (Å²) in [6, 6.07) is 12.5. The zero-order valence-electron chi connectivity index (χ0n) is 17.1. The topological polar surface area (TPSA) is 63.1 Å². The van der Waals surface area contributed by atoms with Gasteiger partial charge in [-0.2, -0.15) is 5.10 Å². The van der Waals surface area contributed by atoms with E-state index in [-0.39, 0.29) is 5.92 Å². The predicted octanol–water partition coefficient (Wildman–Crippen LogP) is 4.15. The van der Waals surface area contributed by atoms with Crippen molar-refractivity contribution >= 4 is 35.6 Å². The van der Waals surface area contributed by atoms with Crippen LogP contribution in [0.5, 0.6) is 0 Å². The van der Waals surface area contributed by atoms with Crippen molar-refractivity contribution in [3.63, 3.8) is 0 Å². The maximum Gasteiger partial charge on any atom is 0.160 e. The maximum absolute atomic E-state index is 4.63. The predicted molar refractivity (Wildman–Crippen MR) is 119 cm³/mol. The van der Waals surface area contributed by atoms with Crippen LogP contribution < -0.4 is 15.8 Å². The highest BCUT2D eigenvalue weighted by atomic mass is 15.2. The van der Waals surface area contributed by atoms with Gasteiger partial charge in [-0.3, -0.25) is 9.98 Å².